The van der Waals surface area contributed by atoms with E-state index in [1.165, 1.54) is 26.2 Å². The number of aliphatic hydroxyl groups excluding tert-OH is 1. The normalized spacial score (nSPS) is 7.76. The average Bonchev–Trinajstić information content (AvgIpc) is 2.54. The third-order valence-electron chi connectivity index (χ3n) is 1.99. The molecule has 0 atom stereocenters. The van der Waals surface area contributed by atoms with Crippen molar-refractivity contribution in [3.63, 3.8) is 0 Å². The molecule has 0 radical (unpaired) electrons. The standard InChI is InChI=1S/C11H13FO2.C2H4O.C2H6.CH4O/c1-14-11(13)4-2-3-9-5-7-10(12)8-6-9;1-2-3;2*1-2/h5-8H,2-4H2,1H3;2H,1H3;1-2H3;2H,1H3. The lowest BCUT2D eigenvalue weighted by molar-refractivity contribution is -0.140. The minimum Gasteiger partial charge on any atom is -0.469 e. The molecule has 0 aliphatic rings. The van der Waals surface area contributed by atoms with Crippen LogP contribution in [0.15, 0.2) is 24.3 Å². The van der Waals surface area contributed by atoms with Gasteiger partial charge in [0.25, 0.3) is 0 Å². The van der Waals surface area contributed by atoms with Crippen molar-refractivity contribution in [1.29, 1.82) is 0 Å². The van der Waals surface area contributed by atoms with Gasteiger partial charge in [0, 0.05) is 13.5 Å². The molecule has 0 aromatic heterocycles. The molecule has 0 unspecified atom stereocenters. The lowest BCUT2D eigenvalue weighted by Crippen LogP contribution is -2.00. The van der Waals surface area contributed by atoms with Crippen LogP contribution in [0.1, 0.15) is 39.2 Å². The highest BCUT2D eigenvalue weighted by Gasteiger charge is 2.00. The summed E-state index contributed by atoms with van der Waals surface area (Å²) in [5.74, 6) is -0.436. The molecule has 0 saturated heterocycles. The Hall–Kier alpha value is -1.75. The largest absolute Gasteiger partial charge is 0.469 e. The third-order valence-corrected chi connectivity index (χ3v) is 1.99. The Morgan fingerprint density at radius 1 is 1.24 bits per heavy atom. The molecule has 0 fully saturated rings. The molecule has 1 N–H and O–H groups in total. The molecule has 0 amide bonds. The van der Waals surface area contributed by atoms with Crippen LogP contribution < -0.4 is 0 Å². The topological polar surface area (TPSA) is 63.6 Å². The number of carbonyl (C=O) groups excluding carboxylic acids is 2. The van der Waals surface area contributed by atoms with Crippen molar-refractivity contribution in [2.75, 3.05) is 14.2 Å². The number of aldehydes is 1. The van der Waals surface area contributed by atoms with Gasteiger partial charge in [-0.15, -0.1) is 0 Å². The summed E-state index contributed by atoms with van der Waals surface area (Å²) in [6, 6.07) is 6.31. The molecule has 4 nitrogen and oxygen atoms in total. The molecule has 0 saturated carbocycles. The number of aliphatic hydroxyl groups is 1. The second-order valence-corrected chi connectivity index (χ2v) is 3.29. The van der Waals surface area contributed by atoms with Crippen LogP contribution in [0.4, 0.5) is 4.39 Å². The number of hydrogen-bond acceptors (Lipinski definition) is 4. The van der Waals surface area contributed by atoms with Crippen molar-refractivity contribution in [2.45, 2.75) is 40.0 Å². The highest BCUT2D eigenvalue weighted by molar-refractivity contribution is 5.69. The van der Waals surface area contributed by atoms with E-state index in [2.05, 4.69) is 4.74 Å². The van der Waals surface area contributed by atoms with E-state index >= 15 is 0 Å². The van der Waals surface area contributed by atoms with Gasteiger partial charge >= 0.3 is 5.97 Å². The number of esters is 1. The molecule has 0 spiro atoms. The van der Waals surface area contributed by atoms with Gasteiger partial charge in [0.05, 0.1) is 7.11 Å². The number of ether oxygens (including phenoxy) is 1. The highest BCUT2D eigenvalue weighted by Crippen LogP contribution is 2.07. The van der Waals surface area contributed by atoms with Gasteiger partial charge in [0.2, 0.25) is 0 Å². The van der Waals surface area contributed by atoms with Crippen molar-refractivity contribution < 1.29 is 23.8 Å². The molecule has 0 heterocycles. The van der Waals surface area contributed by atoms with Crippen molar-refractivity contribution in [3.8, 4) is 0 Å². The van der Waals surface area contributed by atoms with E-state index in [1.54, 1.807) is 12.1 Å². The van der Waals surface area contributed by atoms with E-state index < -0.39 is 0 Å². The maximum Gasteiger partial charge on any atom is 0.305 e. The number of methoxy groups -OCH3 is 1. The van der Waals surface area contributed by atoms with Crippen molar-refractivity contribution in [3.05, 3.63) is 35.6 Å². The van der Waals surface area contributed by atoms with E-state index in [1.807, 2.05) is 13.8 Å². The summed E-state index contributed by atoms with van der Waals surface area (Å²) in [6.45, 7) is 5.44. The second-order valence-electron chi connectivity index (χ2n) is 3.29. The molecule has 0 aliphatic heterocycles. The van der Waals surface area contributed by atoms with E-state index in [4.69, 9.17) is 9.90 Å². The van der Waals surface area contributed by atoms with Crippen molar-refractivity contribution >= 4 is 12.3 Å². The van der Waals surface area contributed by atoms with Crippen LogP contribution in [0.3, 0.4) is 0 Å². The van der Waals surface area contributed by atoms with Gasteiger partial charge in [0.1, 0.15) is 12.1 Å². The quantitative estimate of drug-likeness (QED) is 0.685. The first kappa shape index (κ1) is 24.3. The maximum atomic E-state index is 12.5. The number of hydrogen-bond donors (Lipinski definition) is 1. The number of carbonyl (C=O) groups is 2. The second kappa shape index (κ2) is 20.6. The lowest BCUT2D eigenvalue weighted by atomic mass is 10.1. The zero-order chi connectivity index (χ0) is 17.1. The van der Waals surface area contributed by atoms with Crippen LogP contribution >= 0.6 is 0 Å². The summed E-state index contributed by atoms with van der Waals surface area (Å²) in [5.41, 5.74) is 1.04. The first-order valence-corrected chi connectivity index (χ1v) is 6.79. The Morgan fingerprint density at radius 3 is 2.05 bits per heavy atom. The number of aryl methyl sites for hydroxylation is 1. The van der Waals surface area contributed by atoms with E-state index in [-0.39, 0.29) is 11.8 Å². The summed E-state index contributed by atoms with van der Waals surface area (Å²) in [7, 11) is 2.38. The molecule has 1 rings (SSSR count). The predicted octanol–water partition coefficient (Wildman–Crippen LogP) is 3.16. The number of rotatable bonds is 4. The summed E-state index contributed by atoms with van der Waals surface area (Å²) < 4.78 is 17.0. The zero-order valence-electron chi connectivity index (χ0n) is 13.6. The van der Waals surface area contributed by atoms with E-state index in [9.17, 15) is 9.18 Å². The Morgan fingerprint density at radius 2 is 1.67 bits per heavy atom. The Balaban J connectivity index is -0.000000399. The fourth-order valence-corrected chi connectivity index (χ4v) is 1.19. The average molecular weight is 302 g/mol. The molecular weight excluding hydrogens is 275 g/mol. The molecule has 5 heteroatoms. The van der Waals surface area contributed by atoms with Gasteiger partial charge in [0.15, 0.2) is 0 Å². The zero-order valence-corrected chi connectivity index (χ0v) is 13.6. The summed E-state index contributed by atoms with van der Waals surface area (Å²) in [5, 5.41) is 7.00. The van der Waals surface area contributed by atoms with E-state index in [0.717, 1.165) is 31.8 Å². The van der Waals surface area contributed by atoms with Crippen molar-refractivity contribution in [2.24, 2.45) is 0 Å². The van der Waals surface area contributed by atoms with E-state index in [0.29, 0.717) is 6.42 Å². The summed E-state index contributed by atoms with van der Waals surface area (Å²) >= 11 is 0. The summed E-state index contributed by atoms with van der Waals surface area (Å²) in [4.78, 5) is 19.6. The number of halogens is 1. The Labute approximate surface area is 126 Å². The predicted molar refractivity (Wildman–Crippen MR) is 82.6 cm³/mol. The summed E-state index contributed by atoms with van der Waals surface area (Å²) in [6.07, 6.45) is 2.67. The highest BCUT2D eigenvalue weighted by atomic mass is 19.1. The first-order chi connectivity index (χ1) is 10.1. The molecule has 21 heavy (non-hydrogen) atoms. The van der Waals surface area contributed by atoms with Crippen molar-refractivity contribution in [1.82, 2.24) is 0 Å². The fourth-order valence-electron chi connectivity index (χ4n) is 1.19. The maximum absolute atomic E-state index is 12.5. The fraction of sp³-hybridized carbons (Fsp3) is 0.500. The molecule has 0 aliphatic carbocycles. The van der Waals surface area contributed by atoms with Crippen LogP contribution in [0, 0.1) is 5.82 Å². The van der Waals surface area contributed by atoms with Gasteiger partial charge < -0.3 is 14.6 Å². The minimum atomic E-state index is -0.235. The van der Waals surface area contributed by atoms with Gasteiger partial charge in [-0.1, -0.05) is 26.0 Å². The van der Waals surface area contributed by atoms with Gasteiger partial charge in [-0.3, -0.25) is 4.79 Å². The first-order valence-electron chi connectivity index (χ1n) is 6.79. The van der Waals surface area contributed by atoms with Crippen LogP contribution in [-0.4, -0.2) is 31.6 Å². The minimum absolute atomic E-state index is 0.202. The van der Waals surface area contributed by atoms with Gasteiger partial charge in [-0.25, -0.2) is 4.39 Å². The number of benzene rings is 1. The molecule has 122 valence electrons. The van der Waals surface area contributed by atoms with Gasteiger partial charge in [-0.2, -0.15) is 0 Å². The third kappa shape index (κ3) is 18.2. The van der Waals surface area contributed by atoms with Crippen LogP contribution in [0.25, 0.3) is 0 Å². The molecule has 1 aromatic carbocycles. The van der Waals surface area contributed by atoms with Crippen LogP contribution in [0.2, 0.25) is 0 Å². The SMILES string of the molecule is CC.CC=O.CO.COC(=O)CCCc1ccc(F)cc1. The Bertz CT molecular complexity index is 337. The molecular formula is C16H27FO4. The molecule has 0 bridgehead atoms. The monoisotopic (exact) mass is 302 g/mol. The smallest absolute Gasteiger partial charge is 0.305 e. The molecule has 1 aromatic rings. The lowest BCUT2D eigenvalue weighted by Gasteiger charge is -2.00. The van der Waals surface area contributed by atoms with Gasteiger partial charge in [-0.05, 0) is 37.5 Å². The Kier molecular flexibility index (Phi) is 23.8. The van der Waals surface area contributed by atoms with Crippen LogP contribution in [-0.2, 0) is 20.7 Å². The van der Waals surface area contributed by atoms with Crippen LogP contribution in [0.5, 0.6) is 0 Å².